The van der Waals surface area contributed by atoms with Gasteiger partial charge in [0, 0.05) is 32.6 Å². The van der Waals surface area contributed by atoms with Gasteiger partial charge in [-0.1, -0.05) is 41.2 Å². The van der Waals surface area contributed by atoms with Crippen LogP contribution in [0.3, 0.4) is 0 Å². The molecule has 0 radical (unpaired) electrons. The minimum absolute atomic E-state index is 0.0562. The molecular weight excluding hydrogens is 374 g/mol. The third-order valence-electron chi connectivity index (χ3n) is 5.32. The summed E-state index contributed by atoms with van der Waals surface area (Å²) in [6, 6.07) is 8.19. The van der Waals surface area contributed by atoms with E-state index in [-0.39, 0.29) is 17.7 Å². The lowest BCUT2D eigenvalue weighted by Crippen LogP contribution is -2.43. The van der Waals surface area contributed by atoms with Gasteiger partial charge in [-0.15, -0.1) is 10.2 Å². The molecule has 0 saturated carbocycles. The van der Waals surface area contributed by atoms with Gasteiger partial charge in [0.15, 0.2) is 0 Å². The van der Waals surface area contributed by atoms with Crippen molar-refractivity contribution in [1.29, 1.82) is 0 Å². The highest BCUT2D eigenvalue weighted by Crippen LogP contribution is 2.32. The number of nitrogens with one attached hydrogen (secondary N) is 1. The van der Waals surface area contributed by atoms with Crippen LogP contribution in [0.5, 0.6) is 0 Å². The van der Waals surface area contributed by atoms with E-state index in [1.54, 1.807) is 4.90 Å². The fourth-order valence-electron chi connectivity index (χ4n) is 3.82. The topological polar surface area (TPSA) is 78.4 Å². The zero-order valence-corrected chi connectivity index (χ0v) is 16.9. The second-order valence-corrected chi connectivity index (χ2v) is 8.44. The first-order valence-electron chi connectivity index (χ1n) is 9.82. The van der Waals surface area contributed by atoms with Crippen LogP contribution in [-0.2, 0) is 16.1 Å². The minimum atomic E-state index is -0.0562. The van der Waals surface area contributed by atoms with Crippen LogP contribution in [0.15, 0.2) is 24.3 Å². The third kappa shape index (κ3) is 4.16. The molecule has 2 fully saturated rings. The van der Waals surface area contributed by atoms with E-state index in [9.17, 15) is 9.59 Å². The van der Waals surface area contributed by atoms with Gasteiger partial charge in [0.25, 0.3) is 0 Å². The number of carbonyl (C=O) groups excluding carboxylic acids is 2. The molecule has 2 aromatic rings. The molecule has 8 heteroatoms. The highest BCUT2D eigenvalue weighted by atomic mass is 32.1. The normalized spacial score (nSPS) is 19.9. The molecule has 0 aliphatic carbocycles. The Balaban J connectivity index is 1.35. The van der Waals surface area contributed by atoms with Crippen molar-refractivity contribution >= 4 is 33.4 Å². The predicted octanol–water partition coefficient (Wildman–Crippen LogP) is 2.51. The number of hydrogen-bond acceptors (Lipinski definition) is 6. The van der Waals surface area contributed by atoms with E-state index in [0.717, 1.165) is 43.0 Å². The zero-order chi connectivity index (χ0) is 19.5. The standard InChI is InChI=1S/C20H25N5O2S/c1-14-5-2-6-15(11-14)12-21-18(27)16-7-3-9-24(13-16)19-22-23-20(28-19)25-10-4-8-17(25)26/h2,5-6,11,16H,3-4,7-10,12-13H2,1H3,(H,21,27)/t16-/m0/s1. The molecule has 2 aliphatic heterocycles. The van der Waals surface area contributed by atoms with Crippen molar-refractivity contribution in [3.63, 3.8) is 0 Å². The average molecular weight is 400 g/mol. The van der Waals surface area contributed by atoms with Gasteiger partial charge in [0.05, 0.1) is 5.92 Å². The Morgan fingerprint density at radius 3 is 2.89 bits per heavy atom. The van der Waals surface area contributed by atoms with Gasteiger partial charge in [-0.25, -0.2) is 0 Å². The fraction of sp³-hybridized carbons (Fsp3) is 0.500. The van der Waals surface area contributed by atoms with Crippen molar-refractivity contribution in [2.75, 3.05) is 29.4 Å². The second-order valence-electron chi connectivity index (χ2n) is 7.51. The van der Waals surface area contributed by atoms with Gasteiger partial charge in [-0.3, -0.25) is 14.5 Å². The highest BCUT2D eigenvalue weighted by Gasteiger charge is 2.29. The zero-order valence-electron chi connectivity index (χ0n) is 16.1. The van der Waals surface area contributed by atoms with Crippen molar-refractivity contribution < 1.29 is 9.59 Å². The van der Waals surface area contributed by atoms with Crippen LogP contribution in [0.1, 0.15) is 36.8 Å². The summed E-state index contributed by atoms with van der Waals surface area (Å²) in [5, 5.41) is 13.0. The van der Waals surface area contributed by atoms with Crippen LogP contribution in [0, 0.1) is 12.8 Å². The summed E-state index contributed by atoms with van der Waals surface area (Å²) in [5.74, 6) is 0.153. The molecule has 1 aromatic heterocycles. The highest BCUT2D eigenvalue weighted by molar-refractivity contribution is 7.19. The average Bonchev–Trinajstić information content (AvgIpc) is 3.35. The smallest absolute Gasteiger partial charge is 0.228 e. The molecule has 3 heterocycles. The number of piperidine rings is 1. The monoisotopic (exact) mass is 399 g/mol. The maximum atomic E-state index is 12.7. The van der Waals surface area contributed by atoms with Crippen LogP contribution in [0.4, 0.5) is 10.3 Å². The molecule has 2 saturated heterocycles. The number of rotatable bonds is 5. The molecule has 0 unspecified atom stereocenters. The number of anilines is 2. The minimum Gasteiger partial charge on any atom is -0.352 e. The maximum Gasteiger partial charge on any atom is 0.228 e. The number of aryl methyl sites for hydroxylation is 1. The molecule has 1 aromatic carbocycles. The van der Waals surface area contributed by atoms with Gasteiger partial charge >= 0.3 is 0 Å². The first-order chi connectivity index (χ1) is 13.6. The Kier molecular flexibility index (Phi) is 5.57. The number of nitrogens with zero attached hydrogens (tertiary/aromatic N) is 4. The molecule has 1 atom stereocenters. The summed E-state index contributed by atoms with van der Waals surface area (Å²) < 4.78 is 0. The summed E-state index contributed by atoms with van der Waals surface area (Å²) in [6.07, 6.45) is 3.29. The Bertz CT molecular complexity index is 868. The summed E-state index contributed by atoms with van der Waals surface area (Å²) in [7, 11) is 0. The van der Waals surface area contributed by atoms with E-state index in [4.69, 9.17) is 0 Å². The molecule has 7 nitrogen and oxygen atoms in total. The Hall–Kier alpha value is -2.48. The van der Waals surface area contributed by atoms with Crippen LogP contribution in [0.2, 0.25) is 0 Å². The number of benzene rings is 1. The van der Waals surface area contributed by atoms with E-state index in [1.165, 1.54) is 16.9 Å². The van der Waals surface area contributed by atoms with Crippen LogP contribution in [0.25, 0.3) is 0 Å². The largest absolute Gasteiger partial charge is 0.352 e. The van der Waals surface area contributed by atoms with Crippen LogP contribution >= 0.6 is 11.3 Å². The molecule has 0 bridgehead atoms. The molecule has 1 N–H and O–H groups in total. The van der Waals surface area contributed by atoms with E-state index < -0.39 is 0 Å². The molecule has 4 rings (SSSR count). The quantitative estimate of drug-likeness (QED) is 0.836. The summed E-state index contributed by atoms with van der Waals surface area (Å²) in [4.78, 5) is 28.4. The second kappa shape index (κ2) is 8.26. The predicted molar refractivity (Wildman–Crippen MR) is 109 cm³/mol. The lowest BCUT2D eigenvalue weighted by atomic mass is 9.97. The Labute approximate surface area is 168 Å². The van der Waals surface area contributed by atoms with Gasteiger partial charge < -0.3 is 10.2 Å². The van der Waals surface area contributed by atoms with E-state index in [1.807, 2.05) is 12.1 Å². The van der Waals surface area contributed by atoms with Crippen molar-refractivity contribution in [1.82, 2.24) is 15.5 Å². The van der Waals surface area contributed by atoms with Crippen molar-refractivity contribution in [3.8, 4) is 0 Å². The van der Waals surface area contributed by atoms with E-state index >= 15 is 0 Å². The van der Waals surface area contributed by atoms with E-state index in [0.29, 0.717) is 24.6 Å². The van der Waals surface area contributed by atoms with Gasteiger partial charge in [0.1, 0.15) is 0 Å². The van der Waals surface area contributed by atoms with Crippen molar-refractivity contribution in [2.45, 2.75) is 39.2 Å². The maximum absolute atomic E-state index is 12.7. The van der Waals surface area contributed by atoms with Gasteiger partial charge in [-0.05, 0) is 31.7 Å². The Morgan fingerprint density at radius 1 is 1.25 bits per heavy atom. The van der Waals surface area contributed by atoms with E-state index in [2.05, 4.69) is 39.5 Å². The SMILES string of the molecule is Cc1cccc(CNC(=O)[C@H]2CCCN(c3nnc(N4CCCC4=O)s3)C2)c1. The first-order valence-corrected chi connectivity index (χ1v) is 10.6. The molecule has 2 aliphatic rings. The lowest BCUT2D eigenvalue weighted by molar-refractivity contribution is -0.125. The number of aromatic nitrogens is 2. The summed E-state index contributed by atoms with van der Waals surface area (Å²) in [6.45, 7) is 4.83. The fourth-order valence-corrected chi connectivity index (χ4v) is 4.74. The van der Waals surface area contributed by atoms with Crippen LogP contribution < -0.4 is 15.1 Å². The van der Waals surface area contributed by atoms with Gasteiger partial charge in [-0.2, -0.15) is 0 Å². The molecule has 2 amide bonds. The Morgan fingerprint density at radius 2 is 2.11 bits per heavy atom. The van der Waals surface area contributed by atoms with Crippen molar-refractivity contribution in [2.24, 2.45) is 5.92 Å². The summed E-state index contributed by atoms with van der Waals surface area (Å²) >= 11 is 1.44. The summed E-state index contributed by atoms with van der Waals surface area (Å²) in [5.41, 5.74) is 2.31. The molecule has 0 spiro atoms. The molecule has 148 valence electrons. The third-order valence-corrected chi connectivity index (χ3v) is 6.33. The molecular formula is C20H25N5O2S. The number of carbonyl (C=O) groups is 2. The number of amides is 2. The van der Waals surface area contributed by atoms with Crippen LogP contribution in [-0.4, -0.2) is 41.6 Å². The number of hydrogen-bond donors (Lipinski definition) is 1. The first kappa shape index (κ1) is 18.9. The molecule has 28 heavy (non-hydrogen) atoms. The lowest BCUT2D eigenvalue weighted by Gasteiger charge is -2.31. The van der Waals surface area contributed by atoms with Gasteiger partial charge in [0.2, 0.25) is 22.1 Å². The van der Waals surface area contributed by atoms with Crippen molar-refractivity contribution in [3.05, 3.63) is 35.4 Å².